The minimum Gasteiger partial charge on any atom is -0.504 e. The molecular formula is C13H10Cl2O2. The van der Waals surface area contributed by atoms with Crippen LogP contribution in [0.4, 0.5) is 0 Å². The van der Waals surface area contributed by atoms with Crippen molar-refractivity contribution < 1.29 is 9.84 Å². The largest absolute Gasteiger partial charge is 0.504 e. The zero-order valence-corrected chi connectivity index (χ0v) is 10.4. The molecule has 2 aromatic carbocycles. The van der Waals surface area contributed by atoms with Gasteiger partial charge in [-0.05, 0) is 30.3 Å². The van der Waals surface area contributed by atoms with Crippen LogP contribution in [0.15, 0.2) is 42.5 Å². The van der Waals surface area contributed by atoms with Crippen molar-refractivity contribution in [3.05, 3.63) is 58.1 Å². The first kappa shape index (κ1) is 12.1. The van der Waals surface area contributed by atoms with Crippen molar-refractivity contribution in [2.45, 2.75) is 6.61 Å². The van der Waals surface area contributed by atoms with Gasteiger partial charge in [0.25, 0.3) is 0 Å². The summed E-state index contributed by atoms with van der Waals surface area (Å²) in [6.45, 7) is 0.261. The molecule has 17 heavy (non-hydrogen) atoms. The van der Waals surface area contributed by atoms with Crippen LogP contribution in [0.3, 0.4) is 0 Å². The molecule has 0 saturated carbocycles. The molecule has 4 heteroatoms. The highest BCUT2D eigenvalue weighted by molar-refractivity contribution is 6.33. The molecule has 2 nitrogen and oxygen atoms in total. The fraction of sp³-hybridized carbons (Fsp3) is 0.0769. The lowest BCUT2D eigenvalue weighted by Gasteiger charge is -2.09. The Morgan fingerprint density at radius 1 is 1.06 bits per heavy atom. The van der Waals surface area contributed by atoms with Crippen molar-refractivity contribution in [1.29, 1.82) is 0 Å². The van der Waals surface area contributed by atoms with E-state index in [1.807, 2.05) is 0 Å². The second-order valence-electron chi connectivity index (χ2n) is 3.49. The van der Waals surface area contributed by atoms with Gasteiger partial charge in [0.2, 0.25) is 0 Å². The molecule has 2 rings (SSSR count). The summed E-state index contributed by atoms with van der Waals surface area (Å²) in [6.07, 6.45) is 0. The highest BCUT2D eigenvalue weighted by Crippen LogP contribution is 2.27. The molecule has 0 unspecified atom stereocenters. The summed E-state index contributed by atoms with van der Waals surface area (Å²) < 4.78 is 5.47. The topological polar surface area (TPSA) is 29.5 Å². The summed E-state index contributed by atoms with van der Waals surface area (Å²) in [4.78, 5) is 0. The fourth-order valence-electron chi connectivity index (χ4n) is 1.39. The van der Waals surface area contributed by atoms with E-state index in [1.54, 1.807) is 42.5 Å². The van der Waals surface area contributed by atoms with Crippen LogP contribution >= 0.6 is 23.2 Å². The number of hydrogen-bond acceptors (Lipinski definition) is 2. The lowest BCUT2D eigenvalue weighted by atomic mass is 10.2. The van der Waals surface area contributed by atoms with Crippen LogP contribution in [0.1, 0.15) is 5.56 Å². The van der Waals surface area contributed by atoms with Crippen LogP contribution in [0.5, 0.6) is 11.5 Å². The van der Waals surface area contributed by atoms with Gasteiger partial charge in [0, 0.05) is 15.6 Å². The maximum Gasteiger partial charge on any atom is 0.161 e. The first-order valence-electron chi connectivity index (χ1n) is 5.01. The summed E-state index contributed by atoms with van der Waals surface area (Å²) in [5.41, 5.74) is 0.780. The number of halogens is 2. The molecule has 0 saturated heterocycles. The molecule has 2 aromatic rings. The Morgan fingerprint density at radius 3 is 2.59 bits per heavy atom. The summed E-state index contributed by atoms with van der Waals surface area (Å²) >= 11 is 11.9. The molecule has 0 radical (unpaired) electrons. The Morgan fingerprint density at radius 2 is 1.82 bits per heavy atom. The first-order chi connectivity index (χ1) is 8.16. The SMILES string of the molecule is Oc1ccccc1OCc1cc(Cl)ccc1Cl. The third-order valence-electron chi connectivity index (χ3n) is 2.26. The van der Waals surface area contributed by atoms with Crippen molar-refractivity contribution in [2.24, 2.45) is 0 Å². The smallest absolute Gasteiger partial charge is 0.161 e. The van der Waals surface area contributed by atoms with Gasteiger partial charge in [-0.3, -0.25) is 0 Å². The molecule has 0 spiro atoms. The second kappa shape index (κ2) is 5.30. The Labute approximate surface area is 109 Å². The first-order valence-corrected chi connectivity index (χ1v) is 5.77. The number of hydrogen-bond donors (Lipinski definition) is 1. The van der Waals surface area contributed by atoms with Crippen molar-refractivity contribution in [3.63, 3.8) is 0 Å². The van der Waals surface area contributed by atoms with Crippen molar-refractivity contribution in [3.8, 4) is 11.5 Å². The van der Waals surface area contributed by atoms with Crippen LogP contribution in [0.25, 0.3) is 0 Å². The van der Waals surface area contributed by atoms with E-state index in [4.69, 9.17) is 27.9 Å². The Bertz CT molecular complexity index is 527. The Balaban J connectivity index is 2.12. The van der Waals surface area contributed by atoms with Gasteiger partial charge < -0.3 is 9.84 Å². The predicted molar refractivity (Wildman–Crippen MR) is 68.9 cm³/mol. The van der Waals surface area contributed by atoms with Gasteiger partial charge in [0.05, 0.1) is 0 Å². The van der Waals surface area contributed by atoms with E-state index in [9.17, 15) is 5.11 Å². The molecule has 0 atom stereocenters. The van der Waals surface area contributed by atoms with E-state index in [1.165, 1.54) is 0 Å². The van der Waals surface area contributed by atoms with Crippen LogP contribution in [-0.2, 0) is 6.61 Å². The zero-order chi connectivity index (χ0) is 12.3. The normalized spacial score (nSPS) is 10.2. The summed E-state index contributed by atoms with van der Waals surface area (Å²) in [6, 6.07) is 11.9. The maximum absolute atomic E-state index is 9.53. The third kappa shape index (κ3) is 3.05. The number of ether oxygens (including phenoxy) is 1. The van der Waals surface area contributed by atoms with E-state index in [-0.39, 0.29) is 12.4 Å². The maximum atomic E-state index is 9.53. The van der Waals surface area contributed by atoms with E-state index in [0.717, 1.165) is 5.56 Å². The number of phenolic OH excluding ortho intramolecular Hbond substituents is 1. The van der Waals surface area contributed by atoms with Crippen LogP contribution in [-0.4, -0.2) is 5.11 Å². The molecule has 0 aliphatic rings. The average Bonchev–Trinajstić information content (AvgIpc) is 2.32. The quantitative estimate of drug-likeness (QED) is 0.901. The highest BCUT2D eigenvalue weighted by atomic mass is 35.5. The number of benzene rings is 2. The van der Waals surface area contributed by atoms with Gasteiger partial charge in [-0.25, -0.2) is 0 Å². The zero-order valence-electron chi connectivity index (χ0n) is 8.86. The molecule has 0 aliphatic carbocycles. The van der Waals surface area contributed by atoms with E-state index < -0.39 is 0 Å². The van der Waals surface area contributed by atoms with Crippen molar-refractivity contribution in [2.75, 3.05) is 0 Å². The number of aromatic hydroxyl groups is 1. The lowest BCUT2D eigenvalue weighted by Crippen LogP contribution is -1.96. The van der Waals surface area contributed by atoms with Crippen molar-refractivity contribution in [1.82, 2.24) is 0 Å². The van der Waals surface area contributed by atoms with Gasteiger partial charge >= 0.3 is 0 Å². The van der Waals surface area contributed by atoms with Gasteiger partial charge in [-0.15, -0.1) is 0 Å². The monoisotopic (exact) mass is 268 g/mol. The van der Waals surface area contributed by atoms with Gasteiger partial charge in [0.1, 0.15) is 6.61 Å². The molecule has 0 aliphatic heterocycles. The summed E-state index contributed by atoms with van der Waals surface area (Å²) in [5.74, 6) is 0.522. The van der Waals surface area contributed by atoms with E-state index in [0.29, 0.717) is 15.8 Å². The third-order valence-corrected chi connectivity index (χ3v) is 2.86. The summed E-state index contributed by atoms with van der Waals surface area (Å²) in [7, 11) is 0. The number of rotatable bonds is 3. The highest BCUT2D eigenvalue weighted by Gasteiger charge is 2.04. The number of phenols is 1. The molecule has 88 valence electrons. The average molecular weight is 269 g/mol. The van der Waals surface area contributed by atoms with Gasteiger partial charge in [-0.2, -0.15) is 0 Å². The minimum atomic E-state index is 0.102. The van der Waals surface area contributed by atoms with E-state index >= 15 is 0 Å². The van der Waals surface area contributed by atoms with Crippen LogP contribution in [0, 0.1) is 0 Å². The molecule has 0 heterocycles. The van der Waals surface area contributed by atoms with Gasteiger partial charge in [0.15, 0.2) is 11.5 Å². The second-order valence-corrected chi connectivity index (χ2v) is 4.34. The molecule has 0 aromatic heterocycles. The predicted octanol–water partition coefficient (Wildman–Crippen LogP) is 4.28. The Hall–Kier alpha value is -1.38. The summed E-state index contributed by atoms with van der Waals surface area (Å²) in [5, 5.41) is 10.7. The van der Waals surface area contributed by atoms with Crippen LogP contribution in [0.2, 0.25) is 10.0 Å². The van der Waals surface area contributed by atoms with Crippen molar-refractivity contribution >= 4 is 23.2 Å². The molecular weight excluding hydrogens is 259 g/mol. The molecule has 0 bridgehead atoms. The lowest BCUT2D eigenvalue weighted by molar-refractivity contribution is 0.289. The molecule has 0 fully saturated rings. The van der Waals surface area contributed by atoms with Gasteiger partial charge in [-0.1, -0.05) is 35.3 Å². The van der Waals surface area contributed by atoms with Crippen LogP contribution < -0.4 is 4.74 Å². The number of para-hydroxylation sites is 2. The molecule has 0 amide bonds. The molecule has 1 N–H and O–H groups in total. The standard InChI is InChI=1S/C13H10Cl2O2/c14-10-5-6-11(15)9(7-10)8-17-13-4-2-1-3-12(13)16/h1-7,16H,8H2. The minimum absolute atomic E-state index is 0.102. The fourth-order valence-corrected chi connectivity index (χ4v) is 1.76. The Kier molecular flexibility index (Phi) is 3.77. The van der Waals surface area contributed by atoms with E-state index in [2.05, 4.69) is 0 Å².